The zero-order valence-electron chi connectivity index (χ0n) is 20.5. The number of amides is 1. The zero-order chi connectivity index (χ0) is 24.6. The molecule has 1 aromatic heterocycles. The van der Waals surface area contributed by atoms with Gasteiger partial charge < -0.3 is 19.5 Å². The Balaban J connectivity index is 0.00000361. The number of esters is 1. The van der Waals surface area contributed by atoms with Crippen molar-refractivity contribution in [3.8, 4) is 11.5 Å². The van der Waals surface area contributed by atoms with Crippen LogP contribution in [-0.4, -0.2) is 43.1 Å². The summed E-state index contributed by atoms with van der Waals surface area (Å²) in [5.74, 6) is 0.582. The highest BCUT2D eigenvalue weighted by atomic mass is 35.5. The molecule has 9 heteroatoms. The van der Waals surface area contributed by atoms with Gasteiger partial charge in [0.2, 0.25) is 0 Å². The van der Waals surface area contributed by atoms with Crippen molar-refractivity contribution < 1.29 is 23.8 Å². The lowest BCUT2D eigenvalue weighted by molar-refractivity contribution is -0.118. The minimum atomic E-state index is -0.399. The van der Waals surface area contributed by atoms with Gasteiger partial charge in [0.1, 0.15) is 16.5 Å². The summed E-state index contributed by atoms with van der Waals surface area (Å²) in [4.78, 5) is 28.9. The summed E-state index contributed by atoms with van der Waals surface area (Å²) >= 11 is 1.44. The van der Waals surface area contributed by atoms with Crippen LogP contribution in [0.4, 0.5) is 5.00 Å². The van der Waals surface area contributed by atoms with Gasteiger partial charge in [-0.2, -0.15) is 0 Å². The molecule has 3 aromatic rings. The molecule has 1 aliphatic rings. The quantitative estimate of drug-likeness (QED) is 0.357. The van der Waals surface area contributed by atoms with Crippen molar-refractivity contribution in [3.63, 3.8) is 0 Å². The van der Waals surface area contributed by atoms with Crippen LogP contribution in [0.5, 0.6) is 11.5 Å². The topological polar surface area (TPSA) is 77.1 Å². The maximum atomic E-state index is 12.8. The number of nitrogens with one attached hydrogen (secondary N) is 1. The fraction of sp³-hybridized carbons (Fsp3) is 0.333. The number of benzene rings is 2. The molecular weight excluding hydrogens is 500 g/mol. The molecule has 0 radical (unpaired) electrons. The van der Waals surface area contributed by atoms with Crippen LogP contribution in [-0.2, 0) is 29.0 Å². The highest BCUT2D eigenvalue weighted by Crippen LogP contribution is 2.38. The van der Waals surface area contributed by atoms with Gasteiger partial charge in [0.25, 0.3) is 5.91 Å². The predicted octanol–water partition coefficient (Wildman–Crippen LogP) is 5.32. The molecule has 0 spiro atoms. The Morgan fingerprint density at radius 2 is 1.67 bits per heavy atom. The highest BCUT2D eigenvalue weighted by molar-refractivity contribution is 7.17. The van der Waals surface area contributed by atoms with Crippen molar-refractivity contribution in [1.29, 1.82) is 0 Å². The highest BCUT2D eigenvalue weighted by Gasteiger charge is 2.29. The molecule has 0 saturated carbocycles. The molecule has 36 heavy (non-hydrogen) atoms. The van der Waals surface area contributed by atoms with E-state index in [1.807, 2.05) is 25.1 Å². The SMILES string of the molecule is CCOC(=O)c1c(NC(=O)COc2ccc(OCC)cc2)sc2c1CCN(Cc1ccccc1)C2.Cl. The minimum Gasteiger partial charge on any atom is -0.494 e. The van der Waals surface area contributed by atoms with Crippen LogP contribution in [0.25, 0.3) is 0 Å². The van der Waals surface area contributed by atoms with Gasteiger partial charge in [-0.1, -0.05) is 30.3 Å². The number of thiophene rings is 1. The third kappa shape index (κ3) is 7.00. The molecule has 0 saturated heterocycles. The van der Waals surface area contributed by atoms with E-state index in [0.29, 0.717) is 22.9 Å². The molecule has 0 aliphatic carbocycles. The first-order chi connectivity index (χ1) is 17.1. The number of nitrogens with zero attached hydrogens (tertiary/aromatic N) is 1. The molecule has 0 atom stereocenters. The van der Waals surface area contributed by atoms with Gasteiger partial charge in [-0.15, -0.1) is 23.7 Å². The summed E-state index contributed by atoms with van der Waals surface area (Å²) in [7, 11) is 0. The van der Waals surface area contributed by atoms with E-state index in [2.05, 4.69) is 22.3 Å². The molecule has 192 valence electrons. The Morgan fingerprint density at radius 3 is 2.33 bits per heavy atom. The first-order valence-corrected chi connectivity index (χ1v) is 12.6. The average Bonchev–Trinajstić information content (AvgIpc) is 3.21. The summed E-state index contributed by atoms with van der Waals surface area (Å²) in [5.41, 5.74) is 2.69. The number of hydrogen-bond donors (Lipinski definition) is 1. The van der Waals surface area contributed by atoms with E-state index in [4.69, 9.17) is 14.2 Å². The third-order valence-corrected chi connectivity index (χ3v) is 6.75. The van der Waals surface area contributed by atoms with Crippen LogP contribution in [0, 0.1) is 0 Å². The first-order valence-electron chi connectivity index (χ1n) is 11.8. The molecule has 7 nitrogen and oxygen atoms in total. The van der Waals surface area contributed by atoms with Gasteiger partial charge in [-0.3, -0.25) is 9.69 Å². The molecule has 0 bridgehead atoms. The minimum absolute atomic E-state index is 0. The first kappa shape index (κ1) is 27.5. The molecule has 4 rings (SSSR count). The molecule has 1 aliphatic heterocycles. The summed E-state index contributed by atoms with van der Waals surface area (Å²) in [5, 5.41) is 3.41. The van der Waals surface area contributed by atoms with Crippen LogP contribution in [0.2, 0.25) is 0 Å². The fourth-order valence-corrected chi connectivity index (χ4v) is 5.34. The monoisotopic (exact) mass is 530 g/mol. The molecule has 0 fully saturated rings. The van der Waals surface area contributed by atoms with Crippen molar-refractivity contribution in [1.82, 2.24) is 4.90 Å². The summed E-state index contributed by atoms with van der Waals surface area (Å²) in [6.07, 6.45) is 0.728. The van der Waals surface area contributed by atoms with Crippen molar-refractivity contribution in [2.75, 3.05) is 31.7 Å². The van der Waals surface area contributed by atoms with E-state index >= 15 is 0 Å². The van der Waals surface area contributed by atoms with Crippen LogP contribution in [0.15, 0.2) is 54.6 Å². The van der Waals surface area contributed by atoms with E-state index in [1.54, 1.807) is 31.2 Å². The normalized spacial score (nSPS) is 12.7. The smallest absolute Gasteiger partial charge is 0.341 e. The van der Waals surface area contributed by atoms with Gasteiger partial charge in [0.05, 0.1) is 18.8 Å². The fourth-order valence-electron chi connectivity index (χ4n) is 4.05. The van der Waals surface area contributed by atoms with Crippen molar-refractivity contribution in [3.05, 3.63) is 76.2 Å². The molecule has 1 amide bonds. The Labute approximate surface area is 221 Å². The standard InChI is InChI=1S/C27H30N2O5S.ClH/c1-3-32-20-10-12-21(13-11-20)34-18-24(30)28-26-25(27(31)33-4-2)22-14-15-29(17-23(22)35-26)16-19-8-6-5-7-9-19;/h5-13H,3-4,14-18H2,1-2H3,(H,28,30);1H. The lowest BCUT2D eigenvalue weighted by atomic mass is 10.0. The largest absolute Gasteiger partial charge is 0.494 e. The van der Waals surface area contributed by atoms with E-state index < -0.39 is 5.97 Å². The van der Waals surface area contributed by atoms with Crippen LogP contribution in [0.3, 0.4) is 0 Å². The number of ether oxygens (including phenoxy) is 3. The van der Waals surface area contributed by atoms with Gasteiger partial charge >= 0.3 is 5.97 Å². The van der Waals surface area contributed by atoms with Crippen molar-refractivity contribution >= 4 is 40.6 Å². The predicted molar refractivity (Wildman–Crippen MR) is 144 cm³/mol. The van der Waals surface area contributed by atoms with E-state index in [0.717, 1.165) is 42.2 Å². The Kier molecular flexibility index (Phi) is 10.2. The summed E-state index contributed by atoms with van der Waals surface area (Å²) in [6, 6.07) is 17.4. The summed E-state index contributed by atoms with van der Waals surface area (Å²) < 4.78 is 16.4. The van der Waals surface area contributed by atoms with E-state index in [-0.39, 0.29) is 31.5 Å². The van der Waals surface area contributed by atoms with Gasteiger partial charge in [0.15, 0.2) is 6.61 Å². The number of anilines is 1. The number of rotatable bonds is 10. The molecule has 0 unspecified atom stereocenters. The van der Waals surface area contributed by atoms with E-state index in [9.17, 15) is 9.59 Å². The lowest BCUT2D eigenvalue weighted by Gasteiger charge is -2.27. The molecule has 1 N–H and O–H groups in total. The number of halogens is 1. The van der Waals surface area contributed by atoms with Crippen molar-refractivity contribution in [2.45, 2.75) is 33.4 Å². The second-order valence-electron chi connectivity index (χ2n) is 8.12. The number of carbonyl (C=O) groups is 2. The van der Waals surface area contributed by atoms with Crippen molar-refractivity contribution in [2.24, 2.45) is 0 Å². The van der Waals surface area contributed by atoms with Crippen LogP contribution >= 0.6 is 23.7 Å². The Hall–Kier alpha value is -3.07. The molecular formula is C27H31ClN2O5S. The second-order valence-corrected chi connectivity index (χ2v) is 9.22. The van der Waals surface area contributed by atoms with Gasteiger partial charge in [-0.05, 0) is 55.7 Å². The Bertz CT molecular complexity index is 1150. The van der Waals surface area contributed by atoms with E-state index in [1.165, 1.54) is 16.9 Å². The van der Waals surface area contributed by atoms with Gasteiger partial charge in [-0.25, -0.2) is 4.79 Å². The Morgan fingerprint density at radius 1 is 0.972 bits per heavy atom. The van der Waals surface area contributed by atoms with Crippen LogP contribution in [0.1, 0.15) is 40.2 Å². The van der Waals surface area contributed by atoms with Crippen LogP contribution < -0.4 is 14.8 Å². The molecule has 2 aromatic carbocycles. The lowest BCUT2D eigenvalue weighted by Crippen LogP contribution is -2.30. The zero-order valence-corrected chi connectivity index (χ0v) is 22.1. The maximum Gasteiger partial charge on any atom is 0.341 e. The second kappa shape index (κ2) is 13.3. The summed E-state index contributed by atoms with van der Waals surface area (Å²) in [6.45, 7) is 6.78. The number of carbonyl (C=O) groups excluding carboxylic acids is 2. The maximum absolute atomic E-state index is 12.8. The third-order valence-electron chi connectivity index (χ3n) is 5.62. The number of hydrogen-bond acceptors (Lipinski definition) is 7. The average molecular weight is 531 g/mol. The molecule has 2 heterocycles. The number of fused-ring (bicyclic) bond motifs is 1. The van der Waals surface area contributed by atoms with Gasteiger partial charge in [0, 0.05) is 24.5 Å².